The highest BCUT2D eigenvalue weighted by Gasteiger charge is 2.09. The first-order chi connectivity index (χ1) is 9.97. The first-order valence-electron chi connectivity index (χ1n) is 6.38. The van der Waals surface area contributed by atoms with Crippen LogP contribution in [-0.4, -0.2) is 4.92 Å². The van der Waals surface area contributed by atoms with Gasteiger partial charge in [0.2, 0.25) is 0 Å². The molecule has 6 heteroatoms. The average molecular weight is 351 g/mol. The lowest BCUT2D eigenvalue weighted by molar-refractivity contribution is -0.384. The van der Waals surface area contributed by atoms with Crippen LogP contribution < -0.4 is 10.5 Å². The summed E-state index contributed by atoms with van der Waals surface area (Å²) in [6, 6.07) is 12.2. The Morgan fingerprint density at radius 1 is 1.29 bits per heavy atom. The van der Waals surface area contributed by atoms with Crippen molar-refractivity contribution in [2.75, 3.05) is 0 Å². The van der Waals surface area contributed by atoms with Gasteiger partial charge in [-0.25, -0.2) is 0 Å². The number of nitrogens with two attached hydrogens (primary N) is 1. The van der Waals surface area contributed by atoms with Crippen molar-refractivity contribution in [3.05, 3.63) is 68.2 Å². The molecule has 0 bridgehead atoms. The van der Waals surface area contributed by atoms with Crippen LogP contribution in [0.3, 0.4) is 0 Å². The molecule has 110 valence electrons. The predicted molar refractivity (Wildman–Crippen MR) is 84.2 cm³/mol. The highest BCUT2D eigenvalue weighted by atomic mass is 79.9. The number of halogens is 1. The lowest BCUT2D eigenvalue weighted by Gasteiger charge is -2.10. The zero-order valence-corrected chi connectivity index (χ0v) is 13.0. The van der Waals surface area contributed by atoms with Crippen LogP contribution in [0.4, 0.5) is 5.69 Å². The molecule has 2 rings (SSSR count). The Hall–Kier alpha value is -1.92. The number of benzene rings is 2. The molecule has 0 radical (unpaired) electrons. The zero-order chi connectivity index (χ0) is 15.4. The molecule has 21 heavy (non-hydrogen) atoms. The van der Waals surface area contributed by atoms with Gasteiger partial charge in [0.1, 0.15) is 12.4 Å². The van der Waals surface area contributed by atoms with Crippen molar-refractivity contribution in [1.82, 2.24) is 0 Å². The van der Waals surface area contributed by atoms with Crippen molar-refractivity contribution in [3.8, 4) is 5.75 Å². The molecule has 1 atom stereocenters. The van der Waals surface area contributed by atoms with Gasteiger partial charge in [0.25, 0.3) is 5.69 Å². The van der Waals surface area contributed by atoms with Crippen LogP contribution in [0.1, 0.15) is 24.1 Å². The van der Waals surface area contributed by atoms with E-state index in [1.807, 2.05) is 31.2 Å². The van der Waals surface area contributed by atoms with Crippen LogP contribution in [-0.2, 0) is 6.61 Å². The van der Waals surface area contributed by atoms with Crippen molar-refractivity contribution in [2.45, 2.75) is 19.6 Å². The Morgan fingerprint density at radius 2 is 1.95 bits per heavy atom. The predicted octanol–water partition coefficient (Wildman–Crippen LogP) is 3.96. The zero-order valence-electron chi connectivity index (χ0n) is 11.5. The van der Waals surface area contributed by atoms with Crippen LogP contribution in [0.2, 0.25) is 0 Å². The second-order valence-corrected chi connectivity index (χ2v) is 5.53. The number of nitro groups is 1. The van der Waals surface area contributed by atoms with Crippen molar-refractivity contribution in [1.29, 1.82) is 0 Å². The number of non-ortho nitro benzene ring substituents is 1. The number of hydrogen-bond acceptors (Lipinski definition) is 4. The second-order valence-electron chi connectivity index (χ2n) is 4.68. The van der Waals surface area contributed by atoms with Gasteiger partial charge in [-0.1, -0.05) is 28.1 Å². The molecule has 0 aliphatic carbocycles. The maximum atomic E-state index is 10.7. The Labute approximate surface area is 131 Å². The molecule has 0 saturated heterocycles. The van der Waals surface area contributed by atoms with Crippen molar-refractivity contribution < 1.29 is 9.66 Å². The quantitative estimate of drug-likeness (QED) is 0.653. The Morgan fingerprint density at radius 3 is 2.48 bits per heavy atom. The Balaban J connectivity index is 2.04. The summed E-state index contributed by atoms with van der Waals surface area (Å²) in [6.07, 6.45) is 0. The molecule has 0 aliphatic heterocycles. The first-order valence-corrected chi connectivity index (χ1v) is 7.18. The van der Waals surface area contributed by atoms with Crippen LogP contribution in [0, 0.1) is 10.1 Å². The van der Waals surface area contributed by atoms with E-state index in [4.69, 9.17) is 10.5 Å². The molecule has 2 aromatic carbocycles. The normalized spacial score (nSPS) is 12.0. The largest absolute Gasteiger partial charge is 0.489 e. The van der Waals surface area contributed by atoms with E-state index >= 15 is 0 Å². The van der Waals surface area contributed by atoms with Gasteiger partial charge in [0.05, 0.1) is 4.92 Å². The molecule has 0 aliphatic rings. The summed E-state index contributed by atoms with van der Waals surface area (Å²) < 4.78 is 6.32. The van der Waals surface area contributed by atoms with E-state index in [1.165, 1.54) is 12.1 Å². The molecule has 0 fully saturated rings. The van der Waals surface area contributed by atoms with E-state index in [1.54, 1.807) is 6.07 Å². The molecule has 0 spiro atoms. The van der Waals surface area contributed by atoms with Crippen molar-refractivity contribution in [3.63, 3.8) is 0 Å². The van der Waals surface area contributed by atoms with Gasteiger partial charge in [-0.05, 0) is 30.7 Å². The molecule has 0 saturated carbocycles. The van der Waals surface area contributed by atoms with E-state index in [0.717, 1.165) is 16.9 Å². The summed E-state index contributed by atoms with van der Waals surface area (Å²) >= 11 is 3.32. The Bertz CT molecular complexity index is 642. The van der Waals surface area contributed by atoms with Gasteiger partial charge >= 0.3 is 0 Å². The molecule has 0 unspecified atom stereocenters. The highest BCUT2D eigenvalue weighted by Crippen LogP contribution is 2.24. The maximum absolute atomic E-state index is 10.7. The van der Waals surface area contributed by atoms with Gasteiger partial charge in [-0.3, -0.25) is 10.1 Å². The third kappa shape index (κ3) is 4.03. The van der Waals surface area contributed by atoms with E-state index in [-0.39, 0.29) is 11.7 Å². The number of rotatable bonds is 5. The minimum atomic E-state index is -0.428. The lowest BCUT2D eigenvalue weighted by atomic mass is 10.1. The second kappa shape index (κ2) is 6.69. The number of hydrogen-bond donors (Lipinski definition) is 1. The van der Waals surface area contributed by atoms with E-state index in [2.05, 4.69) is 15.9 Å². The molecule has 0 aromatic heterocycles. The summed E-state index contributed by atoms with van der Waals surface area (Å²) in [5.41, 5.74) is 7.72. The van der Waals surface area contributed by atoms with Crippen LogP contribution in [0.15, 0.2) is 46.9 Å². The molecule has 0 amide bonds. The third-order valence-electron chi connectivity index (χ3n) is 3.05. The van der Waals surface area contributed by atoms with Gasteiger partial charge in [-0.2, -0.15) is 0 Å². The van der Waals surface area contributed by atoms with Crippen LogP contribution in [0.25, 0.3) is 0 Å². The van der Waals surface area contributed by atoms with Crippen LogP contribution in [0.5, 0.6) is 5.75 Å². The molecule has 5 nitrogen and oxygen atoms in total. The summed E-state index contributed by atoms with van der Waals surface area (Å²) in [6.45, 7) is 2.25. The molecule has 2 aromatic rings. The molecule has 0 heterocycles. The molecular weight excluding hydrogens is 336 g/mol. The fraction of sp³-hybridized carbons (Fsp3) is 0.200. The van der Waals surface area contributed by atoms with Crippen molar-refractivity contribution >= 4 is 21.6 Å². The maximum Gasteiger partial charge on any atom is 0.270 e. The standard InChI is InChI=1S/C15H15BrN2O3/c1-10(17)11-3-6-14(7-4-11)21-9-12-2-5-13(18(19)20)8-15(12)16/h2-8,10H,9,17H2,1H3/t10-/m0/s1. The fourth-order valence-electron chi connectivity index (χ4n) is 1.80. The summed E-state index contributed by atoms with van der Waals surface area (Å²) in [4.78, 5) is 10.2. The SMILES string of the molecule is C[C@H](N)c1ccc(OCc2ccc([N+](=O)[O-])cc2Br)cc1. The van der Waals surface area contributed by atoms with Gasteiger partial charge in [-0.15, -0.1) is 0 Å². The van der Waals surface area contributed by atoms with E-state index in [9.17, 15) is 10.1 Å². The monoisotopic (exact) mass is 350 g/mol. The van der Waals surface area contributed by atoms with Crippen LogP contribution >= 0.6 is 15.9 Å². The number of nitrogens with zero attached hydrogens (tertiary/aromatic N) is 1. The fourth-order valence-corrected chi connectivity index (χ4v) is 2.28. The summed E-state index contributed by atoms with van der Waals surface area (Å²) in [5, 5.41) is 10.7. The number of nitro benzene ring substituents is 1. The number of ether oxygens (including phenoxy) is 1. The Kier molecular flexibility index (Phi) is 4.93. The van der Waals surface area contributed by atoms with Crippen molar-refractivity contribution in [2.24, 2.45) is 5.73 Å². The molecule has 2 N–H and O–H groups in total. The minimum absolute atomic E-state index is 0.0112. The minimum Gasteiger partial charge on any atom is -0.489 e. The van der Waals surface area contributed by atoms with Gasteiger partial charge < -0.3 is 10.5 Å². The average Bonchev–Trinajstić information content (AvgIpc) is 2.46. The highest BCUT2D eigenvalue weighted by molar-refractivity contribution is 9.10. The molecular formula is C15H15BrN2O3. The lowest BCUT2D eigenvalue weighted by Crippen LogP contribution is -2.04. The van der Waals surface area contributed by atoms with Gasteiger partial charge in [0.15, 0.2) is 0 Å². The summed E-state index contributed by atoms with van der Waals surface area (Å²) in [7, 11) is 0. The first kappa shape index (κ1) is 15.5. The third-order valence-corrected chi connectivity index (χ3v) is 3.79. The van der Waals surface area contributed by atoms with E-state index < -0.39 is 4.92 Å². The van der Waals surface area contributed by atoms with Gasteiger partial charge in [0, 0.05) is 28.2 Å². The smallest absolute Gasteiger partial charge is 0.270 e. The topological polar surface area (TPSA) is 78.4 Å². The summed E-state index contributed by atoms with van der Waals surface area (Å²) in [5.74, 6) is 0.727. The van der Waals surface area contributed by atoms with E-state index in [0.29, 0.717) is 11.1 Å².